The minimum Gasteiger partial charge on any atom is -0.482 e. The van der Waals surface area contributed by atoms with Crippen LogP contribution in [0, 0.1) is 0 Å². The average Bonchev–Trinajstić information content (AvgIpc) is 2.79. The van der Waals surface area contributed by atoms with Gasteiger partial charge < -0.3 is 15.4 Å². The first-order valence-corrected chi connectivity index (χ1v) is 5.80. The van der Waals surface area contributed by atoms with Crippen LogP contribution in [-0.4, -0.2) is 25.9 Å². The summed E-state index contributed by atoms with van der Waals surface area (Å²) in [5.41, 5.74) is 6.67. The zero-order valence-corrected chi connectivity index (χ0v) is 9.83. The van der Waals surface area contributed by atoms with Crippen molar-refractivity contribution in [1.82, 2.24) is 0 Å². The fourth-order valence-electron chi connectivity index (χ4n) is 2.03. The molecule has 3 nitrogen and oxygen atoms in total. The fraction of sp³-hybridized carbons (Fsp3) is 0.500. The van der Waals surface area contributed by atoms with Crippen molar-refractivity contribution in [2.75, 3.05) is 30.3 Å². The van der Waals surface area contributed by atoms with Crippen LogP contribution in [0.4, 0.5) is 24.5 Å². The molecule has 100 valence electrons. The molecule has 0 atom stereocenters. The summed E-state index contributed by atoms with van der Waals surface area (Å²) in [6, 6.07) is 4.83. The normalized spacial score (nSPS) is 16.1. The second-order valence-electron chi connectivity index (χ2n) is 4.33. The van der Waals surface area contributed by atoms with E-state index in [1.54, 1.807) is 12.1 Å². The van der Waals surface area contributed by atoms with Crippen molar-refractivity contribution >= 4 is 11.4 Å². The molecule has 0 bridgehead atoms. The van der Waals surface area contributed by atoms with Gasteiger partial charge in [-0.15, -0.1) is 0 Å². The smallest absolute Gasteiger partial charge is 0.422 e. The quantitative estimate of drug-likeness (QED) is 0.849. The Bertz CT molecular complexity index is 414. The number of nitrogens with zero attached hydrogens (tertiary/aromatic N) is 1. The molecular formula is C12H15F3N2O. The van der Waals surface area contributed by atoms with E-state index in [0.717, 1.165) is 25.9 Å². The molecule has 0 aromatic heterocycles. The molecule has 2 rings (SSSR count). The van der Waals surface area contributed by atoms with Gasteiger partial charge in [-0.05, 0) is 25.0 Å². The monoisotopic (exact) mass is 260 g/mol. The van der Waals surface area contributed by atoms with Crippen molar-refractivity contribution in [1.29, 1.82) is 0 Å². The molecule has 1 aliphatic heterocycles. The average molecular weight is 260 g/mol. The molecule has 18 heavy (non-hydrogen) atoms. The summed E-state index contributed by atoms with van der Waals surface area (Å²) >= 11 is 0. The van der Waals surface area contributed by atoms with Gasteiger partial charge >= 0.3 is 6.18 Å². The molecule has 1 aromatic rings. The number of hydrogen-bond donors (Lipinski definition) is 1. The lowest BCUT2D eigenvalue weighted by Gasteiger charge is -2.22. The molecule has 0 radical (unpaired) electrons. The molecule has 0 aliphatic carbocycles. The van der Waals surface area contributed by atoms with Crippen LogP contribution in [0.2, 0.25) is 0 Å². The second-order valence-corrected chi connectivity index (χ2v) is 4.33. The fourth-order valence-corrected chi connectivity index (χ4v) is 2.03. The number of hydrogen-bond acceptors (Lipinski definition) is 3. The third-order valence-corrected chi connectivity index (χ3v) is 2.82. The van der Waals surface area contributed by atoms with Gasteiger partial charge in [0.25, 0.3) is 0 Å². The third kappa shape index (κ3) is 3.21. The zero-order valence-electron chi connectivity index (χ0n) is 9.83. The highest BCUT2D eigenvalue weighted by molar-refractivity contribution is 5.64. The van der Waals surface area contributed by atoms with E-state index in [1.165, 1.54) is 6.07 Å². The maximum absolute atomic E-state index is 12.2. The first-order valence-electron chi connectivity index (χ1n) is 5.80. The van der Waals surface area contributed by atoms with Gasteiger partial charge in [-0.3, -0.25) is 0 Å². The van der Waals surface area contributed by atoms with E-state index >= 15 is 0 Å². The second kappa shape index (κ2) is 4.96. The number of alkyl halides is 3. The van der Waals surface area contributed by atoms with Crippen LogP contribution in [0.15, 0.2) is 18.2 Å². The number of rotatable bonds is 3. The van der Waals surface area contributed by atoms with Crippen molar-refractivity contribution in [2.45, 2.75) is 19.0 Å². The maximum Gasteiger partial charge on any atom is 0.422 e. The summed E-state index contributed by atoms with van der Waals surface area (Å²) in [5.74, 6) is 0.203. The molecule has 1 aliphatic rings. The highest BCUT2D eigenvalue weighted by Gasteiger charge is 2.29. The largest absolute Gasteiger partial charge is 0.482 e. The van der Waals surface area contributed by atoms with E-state index < -0.39 is 12.8 Å². The number of halogens is 3. The highest BCUT2D eigenvalue weighted by atomic mass is 19.4. The number of benzene rings is 1. The van der Waals surface area contributed by atoms with E-state index in [0.29, 0.717) is 11.4 Å². The Kier molecular flexibility index (Phi) is 3.54. The first kappa shape index (κ1) is 12.9. The molecule has 1 fully saturated rings. The van der Waals surface area contributed by atoms with E-state index in [-0.39, 0.29) is 5.75 Å². The van der Waals surface area contributed by atoms with Gasteiger partial charge in [0.05, 0.1) is 5.69 Å². The molecule has 2 N–H and O–H groups in total. The molecule has 0 saturated carbocycles. The molecule has 1 aromatic carbocycles. The van der Waals surface area contributed by atoms with Gasteiger partial charge in [-0.2, -0.15) is 13.2 Å². The summed E-state index contributed by atoms with van der Waals surface area (Å²) < 4.78 is 41.4. The van der Waals surface area contributed by atoms with E-state index in [9.17, 15) is 13.2 Å². The number of ether oxygens (including phenoxy) is 1. The van der Waals surface area contributed by atoms with Crippen LogP contribution < -0.4 is 15.4 Å². The Labute approximate surface area is 103 Å². The van der Waals surface area contributed by atoms with Gasteiger partial charge in [-0.25, -0.2) is 0 Å². The summed E-state index contributed by atoms with van der Waals surface area (Å²) in [7, 11) is 0. The highest BCUT2D eigenvalue weighted by Crippen LogP contribution is 2.33. The molecule has 0 amide bonds. The van der Waals surface area contributed by atoms with E-state index in [1.807, 2.05) is 4.90 Å². The lowest BCUT2D eigenvalue weighted by Crippen LogP contribution is -2.22. The summed E-state index contributed by atoms with van der Waals surface area (Å²) in [6.45, 7) is 0.385. The standard InChI is InChI=1S/C12H15F3N2O/c13-12(14,15)8-18-11-7-9(16)3-4-10(11)17-5-1-2-6-17/h3-4,7H,1-2,5-6,8,16H2. The molecule has 0 unspecified atom stereocenters. The minimum atomic E-state index is -4.34. The maximum atomic E-state index is 12.2. The summed E-state index contributed by atoms with van der Waals surface area (Å²) in [4.78, 5) is 2.02. The van der Waals surface area contributed by atoms with Gasteiger partial charge in [0.2, 0.25) is 0 Å². The summed E-state index contributed by atoms with van der Waals surface area (Å²) in [5, 5.41) is 0. The Morgan fingerprint density at radius 3 is 2.50 bits per heavy atom. The molecule has 1 heterocycles. The first-order chi connectivity index (χ1) is 8.46. The minimum absolute atomic E-state index is 0.203. The van der Waals surface area contributed by atoms with Gasteiger partial charge in [0.15, 0.2) is 6.61 Å². The van der Waals surface area contributed by atoms with E-state index in [4.69, 9.17) is 10.5 Å². The van der Waals surface area contributed by atoms with Crippen LogP contribution in [0.25, 0.3) is 0 Å². The topological polar surface area (TPSA) is 38.5 Å². The Hall–Kier alpha value is -1.59. The number of anilines is 2. The number of nitrogens with two attached hydrogens (primary N) is 1. The van der Waals surface area contributed by atoms with Crippen LogP contribution in [0.1, 0.15) is 12.8 Å². The molecule has 6 heteroatoms. The van der Waals surface area contributed by atoms with Crippen LogP contribution >= 0.6 is 0 Å². The van der Waals surface area contributed by atoms with Gasteiger partial charge in [0.1, 0.15) is 5.75 Å². The number of nitrogen functional groups attached to an aromatic ring is 1. The zero-order chi connectivity index (χ0) is 13.2. The van der Waals surface area contributed by atoms with Crippen molar-refractivity contribution < 1.29 is 17.9 Å². The predicted octanol–water partition coefficient (Wildman–Crippen LogP) is 2.81. The van der Waals surface area contributed by atoms with Crippen molar-refractivity contribution in [3.8, 4) is 5.75 Å². The van der Waals surface area contributed by atoms with Crippen molar-refractivity contribution in [2.24, 2.45) is 0 Å². The van der Waals surface area contributed by atoms with Crippen LogP contribution in [0.5, 0.6) is 5.75 Å². The molecule has 0 spiro atoms. The summed E-state index contributed by atoms with van der Waals surface area (Å²) in [6.07, 6.45) is -2.25. The molecule has 1 saturated heterocycles. The van der Waals surface area contributed by atoms with Crippen LogP contribution in [0.3, 0.4) is 0 Å². The van der Waals surface area contributed by atoms with Gasteiger partial charge in [-0.1, -0.05) is 0 Å². The Balaban J connectivity index is 2.17. The van der Waals surface area contributed by atoms with Crippen LogP contribution in [-0.2, 0) is 0 Å². The van der Waals surface area contributed by atoms with Gasteiger partial charge in [0, 0.05) is 24.8 Å². The Morgan fingerprint density at radius 2 is 1.89 bits per heavy atom. The molecular weight excluding hydrogens is 245 g/mol. The lowest BCUT2D eigenvalue weighted by molar-refractivity contribution is -0.153. The van der Waals surface area contributed by atoms with Crippen molar-refractivity contribution in [3.63, 3.8) is 0 Å². The predicted molar refractivity (Wildman–Crippen MR) is 63.9 cm³/mol. The van der Waals surface area contributed by atoms with E-state index in [2.05, 4.69) is 0 Å². The SMILES string of the molecule is Nc1ccc(N2CCCC2)c(OCC(F)(F)F)c1. The van der Waals surface area contributed by atoms with Crippen molar-refractivity contribution in [3.05, 3.63) is 18.2 Å². The Morgan fingerprint density at radius 1 is 1.22 bits per heavy atom. The third-order valence-electron chi connectivity index (χ3n) is 2.82. The lowest BCUT2D eigenvalue weighted by atomic mass is 10.2.